The number of rotatable bonds is 14. The molecule has 0 aromatic heterocycles. The zero-order valence-corrected chi connectivity index (χ0v) is 24.3. The third-order valence-electron chi connectivity index (χ3n) is 7.32. The predicted molar refractivity (Wildman–Crippen MR) is 162 cm³/mol. The normalized spacial score (nSPS) is 21.7. The minimum atomic E-state index is -1.05. The largest absolute Gasteiger partial charge is 0.467 e. The number of methoxy groups -OCH3 is 1. The Labute approximate surface area is 253 Å². The topological polar surface area (TPSA) is 72.5 Å². The Morgan fingerprint density at radius 3 is 1.40 bits per heavy atom. The average molecular weight is 583 g/mol. The lowest BCUT2D eigenvalue weighted by Crippen LogP contribution is -2.63. The molecular formula is C36H38O7. The second kappa shape index (κ2) is 16.1. The Morgan fingerprint density at radius 2 is 0.953 bits per heavy atom. The van der Waals surface area contributed by atoms with Crippen LogP contribution in [0.1, 0.15) is 22.3 Å². The summed E-state index contributed by atoms with van der Waals surface area (Å²) in [5.74, 6) is -0.541. The molecule has 1 fully saturated rings. The van der Waals surface area contributed by atoms with Gasteiger partial charge in [-0.3, -0.25) is 0 Å². The van der Waals surface area contributed by atoms with E-state index < -0.39 is 36.5 Å². The van der Waals surface area contributed by atoms with Gasteiger partial charge in [0.05, 0.1) is 40.1 Å². The Balaban J connectivity index is 1.43. The minimum Gasteiger partial charge on any atom is -0.467 e. The van der Waals surface area contributed by atoms with E-state index in [1.165, 1.54) is 7.11 Å². The summed E-state index contributed by atoms with van der Waals surface area (Å²) in [5, 5.41) is 0. The van der Waals surface area contributed by atoms with E-state index in [-0.39, 0.29) is 13.2 Å². The highest BCUT2D eigenvalue weighted by Crippen LogP contribution is 2.31. The highest BCUT2D eigenvalue weighted by atomic mass is 16.6. The average Bonchev–Trinajstić information content (AvgIpc) is 3.07. The van der Waals surface area contributed by atoms with Crippen molar-refractivity contribution in [2.45, 2.75) is 56.9 Å². The first-order valence-electron chi connectivity index (χ1n) is 14.5. The summed E-state index contributed by atoms with van der Waals surface area (Å²) in [6.07, 6.45) is -3.76. The van der Waals surface area contributed by atoms with Crippen molar-refractivity contribution < 1.29 is 33.2 Å². The summed E-state index contributed by atoms with van der Waals surface area (Å²) in [5.41, 5.74) is 3.99. The van der Waals surface area contributed by atoms with Crippen LogP contribution in [0.2, 0.25) is 0 Å². The number of benzene rings is 4. The number of carbonyl (C=O) groups is 1. The molecule has 1 saturated heterocycles. The van der Waals surface area contributed by atoms with E-state index in [0.29, 0.717) is 19.8 Å². The lowest BCUT2D eigenvalue weighted by Gasteiger charge is -2.45. The van der Waals surface area contributed by atoms with Crippen LogP contribution in [-0.2, 0) is 59.6 Å². The van der Waals surface area contributed by atoms with Crippen LogP contribution in [0.4, 0.5) is 0 Å². The van der Waals surface area contributed by atoms with Crippen molar-refractivity contribution in [2.75, 3.05) is 13.7 Å². The Bertz CT molecular complexity index is 1350. The Morgan fingerprint density at radius 1 is 0.558 bits per heavy atom. The maximum atomic E-state index is 13.2. The van der Waals surface area contributed by atoms with Gasteiger partial charge >= 0.3 is 5.97 Å². The van der Waals surface area contributed by atoms with Gasteiger partial charge in [-0.15, -0.1) is 0 Å². The molecule has 0 bridgehead atoms. The zero-order chi connectivity index (χ0) is 29.7. The molecule has 7 heteroatoms. The van der Waals surface area contributed by atoms with Crippen molar-refractivity contribution >= 4 is 5.97 Å². The van der Waals surface area contributed by atoms with E-state index in [2.05, 4.69) is 0 Å². The Kier molecular flexibility index (Phi) is 11.5. The molecule has 1 aliphatic rings. The molecule has 0 radical (unpaired) electrons. The van der Waals surface area contributed by atoms with Crippen LogP contribution in [0.5, 0.6) is 0 Å². The standard InChI is InChI=1S/C36H38O7/c1-38-36(37)35-34(42-25-30-20-12-5-13-21-30)33(41-24-29-18-10-4-11-19-29)32(40-23-28-16-8-3-9-17-28)31(43-35)26-39-22-27-14-6-2-7-15-27/h2-21,31-35H,22-26H2,1H3/t31-,32-,33+,34-,35-/m1/s1. The van der Waals surface area contributed by atoms with Crippen LogP contribution in [0.15, 0.2) is 121 Å². The molecule has 5 rings (SSSR count). The number of hydrogen-bond donors (Lipinski definition) is 0. The van der Waals surface area contributed by atoms with Crippen LogP contribution in [-0.4, -0.2) is 50.2 Å². The maximum absolute atomic E-state index is 13.2. The van der Waals surface area contributed by atoms with E-state index in [1.54, 1.807) is 0 Å². The molecule has 1 heterocycles. The van der Waals surface area contributed by atoms with Gasteiger partial charge in [0.15, 0.2) is 6.10 Å². The molecule has 0 spiro atoms. The van der Waals surface area contributed by atoms with Crippen molar-refractivity contribution in [3.05, 3.63) is 144 Å². The quantitative estimate of drug-likeness (QED) is 0.172. The summed E-state index contributed by atoms with van der Waals surface area (Å²) >= 11 is 0. The molecule has 4 aromatic rings. The third-order valence-corrected chi connectivity index (χ3v) is 7.32. The summed E-state index contributed by atoms with van der Waals surface area (Å²) in [7, 11) is 1.35. The van der Waals surface area contributed by atoms with Crippen LogP contribution < -0.4 is 0 Å². The van der Waals surface area contributed by atoms with Crippen molar-refractivity contribution in [3.8, 4) is 0 Å². The van der Waals surface area contributed by atoms with E-state index in [1.807, 2.05) is 121 Å². The molecule has 0 aliphatic carbocycles. The van der Waals surface area contributed by atoms with Crippen LogP contribution in [0.3, 0.4) is 0 Å². The van der Waals surface area contributed by atoms with Crippen molar-refractivity contribution in [1.82, 2.24) is 0 Å². The summed E-state index contributed by atoms with van der Waals surface area (Å²) in [4.78, 5) is 13.2. The fourth-order valence-electron chi connectivity index (χ4n) is 5.10. The predicted octanol–water partition coefficient (Wildman–Crippen LogP) is 5.90. The van der Waals surface area contributed by atoms with Gasteiger partial charge in [-0.1, -0.05) is 121 Å². The number of hydrogen-bond acceptors (Lipinski definition) is 7. The fourth-order valence-corrected chi connectivity index (χ4v) is 5.10. The van der Waals surface area contributed by atoms with Crippen LogP contribution in [0.25, 0.3) is 0 Å². The minimum absolute atomic E-state index is 0.179. The smallest absolute Gasteiger partial charge is 0.337 e. The lowest BCUT2D eigenvalue weighted by atomic mass is 9.94. The molecule has 0 saturated carbocycles. The molecule has 7 nitrogen and oxygen atoms in total. The van der Waals surface area contributed by atoms with Crippen LogP contribution >= 0.6 is 0 Å². The van der Waals surface area contributed by atoms with Crippen molar-refractivity contribution in [2.24, 2.45) is 0 Å². The first-order chi connectivity index (χ1) is 21.2. The second-order valence-electron chi connectivity index (χ2n) is 10.4. The van der Waals surface area contributed by atoms with Gasteiger partial charge in [-0.05, 0) is 22.3 Å². The molecule has 1 aliphatic heterocycles. The van der Waals surface area contributed by atoms with E-state index in [9.17, 15) is 4.79 Å². The van der Waals surface area contributed by atoms with Gasteiger partial charge < -0.3 is 28.4 Å². The molecule has 0 N–H and O–H groups in total. The van der Waals surface area contributed by atoms with Gasteiger partial charge in [0.2, 0.25) is 0 Å². The summed E-state index contributed by atoms with van der Waals surface area (Å²) in [6, 6.07) is 39.5. The molecular weight excluding hydrogens is 544 g/mol. The van der Waals surface area contributed by atoms with Crippen LogP contribution in [0, 0.1) is 0 Å². The highest BCUT2D eigenvalue weighted by molar-refractivity contribution is 5.75. The third kappa shape index (κ3) is 8.83. The summed E-state index contributed by atoms with van der Waals surface area (Å²) in [6.45, 7) is 1.45. The molecule has 224 valence electrons. The van der Waals surface area contributed by atoms with Crippen molar-refractivity contribution in [3.63, 3.8) is 0 Å². The maximum Gasteiger partial charge on any atom is 0.337 e. The Hall–Kier alpha value is -3.85. The first kappa shape index (κ1) is 30.6. The van der Waals surface area contributed by atoms with E-state index in [4.69, 9.17) is 28.4 Å². The molecule has 0 unspecified atom stereocenters. The monoisotopic (exact) mass is 582 g/mol. The second-order valence-corrected chi connectivity index (χ2v) is 10.4. The number of carbonyl (C=O) groups excluding carboxylic acids is 1. The first-order valence-corrected chi connectivity index (χ1v) is 14.5. The molecule has 0 amide bonds. The van der Waals surface area contributed by atoms with E-state index >= 15 is 0 Å². The molecule has 43 heavy (non-hydrogen) atoms. The van der Waals surface area contributed by atoms with Gasteiger partial charge in [0.1, 0.15) is 24.4 Å². The van der Waals surface area contributed by atoms with Gasteiger partial charge in [-0.2, -0.15) is 0 Å². The summed E-state index contributed by atoms with van der Waals surface area (Å²) < 4.78 is 37.3. The number of ether oxygens (including phenoxy) is 6. The van der Waals surface area contributed by atoms with Gasteiger partial charge in [0.25, 0.3) is 0 Å². The lowest BCUT2D eigenvalue weighted by molar-refractivity contribution is -0.272. The number of esters is 1. The van der Waals surface area contributed by atoms with Gasteiger partial charge in [0, 0.05) is 0 Å². The molecule has 5 atom stereocenters. The van der Waals surface area contributed by atoms with E-state index in [0.717, 1.165) is 22.3 Å². The van der Waals surface area contributed by atoms with Gasteiger partial charge in [-0.25, -0.2) is 4.79 Å². The highest BCUT2D eigenvalue weighted by Gasteiger charge is 2.51. The molecule has 4 aromatic carbocycles. The zero-order valence-electron chi connectivity index (χ0n) is 24.3. The SMILES string of the molecule is COC(=O)[C@@H]1O[C@H](COCc2ccccc2)[C@@H](OCc2ccccc2)[C@H](OCc2ccccc2)[C@H]1OCc1ccccc1. The fraction of sp³-hybridized carbons (Fsp3) is 0.306. The van der Waals surface area contributed by atoms with Crippen molar-refractivity contribution in [1.29, 1.82) is 0 Å².